The van der Waals surface area contributed by atoms with Crippen molar-refractivity contribution < 1.29 is 9.53 Å². The van der Waals surface area contributed by atoms with E-state index in [0.29, 0.717) is 5.75 Å². The summed E-state index contributed by atoms with van der Waals surface area (Å²) in [6, 6.07) is 7.93. The van der Waals surface area contributed by atoms with Crippen LogP contribution in [0.5, 0.6) is 5.75 Å². The predicted molar refractivity (Wildman–Crippen MR) is 96.1 cm³/mol. The SMILES string of the molecule is COc1ccc(-c2nc(CSCC(=O)N3CCCC3)cs2)cc1. The van der Waals surface area contributed by atoms with Gasteiger partial charge in [-0.2, -0.15) is 0 Å². The van der Waals surface area contributed by atoms with Crippen molar-refractivity contribution >= 4 is 29.0 Å². The van der Waals surface area contributed by atoms with Gasteiger partial charge in [-0.05, 0) is 37.1 Å². The summed E-state index contributed by atoms with van der Waals surface area (Å²) in [4.78, 5) is 18.6. The predicted octanol–water partition coefficient (Wildman–Crippen LogP) is 3.67. The van der Waals surface area contributed by atoms with E-state index in [4.69, 9.17) is 4.74 Å². The number of rotatable bonds is 6. The van der Waals surface area contributed by atoms with Gasteiger partial charge in [0.15, 0.2) is 0 Å². The summed E-state index contributed by atoms with van der Waals surface area (Å²) >= 11 is 3.29. The summed E-state index contributed by atoms with van der Waals surface area (Å²) in [5, 5.41) is 3.08. The lowest BCUT2D eigenvalue weighted by Crippen LogP contribution is -2.29. The molecule has 0 bridgehead atoms. The van der Waals surface area contributed by atoms with Gasteiger partial charge in [-0.3, -0.25) is 4.79 Å². The van der Waals surface area contributed by atoms with Gasteiger partial charge in [0.05, 0.1) is 18.6 Å². The van der Waals surface area contributed by atoms with Gasteiger partial charge in [-0.25, -0.2) is 4.98 Å². The number of methoxy groups -OCH3 is 1. The topological polar surface area (TPSA) is 42.4 Å². The Labute approximate surface area is 144 Å². The number of carbonyl (C=O) groups is 1. The highest BCUT2D eigenvalue weighted by Gasteiger charge is 2.17. The van der Waals surface area contributed by atoms with Crippen molar-refractivity contribution in [3.8, 4) is 16.3 Å². The maximum absolute atomic E-state index is 12.0. The molecule has 1 aliphatic rings. The van der Waals surface area contributed by atoms with Crippen molar-refractivity contribution in [1.82, 2.24) is 9.88 Å². The zero-order valence-corrected chi connectivity index (χ0v) is 14.8. The summed E-state index contributed by atoms with van der Waals surface area (Å²) in [5.41, 5.74) is 2.14. The fourth-order valence-electron chi connectivity index (χ4n) is 2.54. The average Bonchev–Trinajstić information content (AvgIpc) is 3.27. The number of aromatic nitrogens is 1. The Kier molecular flexibility index (Phi) is 5.56. The third-order valence-electron chi connectivity index (χ3n) is 3.82. The second-order valence-electron chi connectivity index (χ2n) is 5.45. The molecule has 0 radical (unpaired) electrons. The zero-order valence-electron chi connectivity index (χ0n) is 13.2. The molecule has 1 aromatic carbocycles. The van der Waals surface area contributed by atoms with Crippen LogP contribution in [0.25, 0.3) is 10.6 Å². The van der Waals surface area contributed by atoms with Gasteiger partial charge in [0.2, 0.25) is 5.91 Å². The van der Waals surface area contributed by atoms with Crippen molar-refractivity contribution in [3.05, 3.63) is 35.3 Å². The first kappa shape index (κ1) is 16.3. The first-order valence-electron chi connectivity index (χ1n) is 7.70. The van der Waals surface area contributed by atoms with Gasteiger partial charge in [0.1, 0.15) is 10.8 Å². The lowest BCUT2D eigenvalue weighted by molar-refractivity contribution is -0.127. The lowest BCUT2D eigenvalue weighted by Gasteiger charge is -2.14. The number of hydrogen-bond donors (Lipinski definition) is 0. The largest absolute Gasteiger partial charge is 0.497 e. The van der Waals surface area contributed by atoms with E-state index in [9.17, 15) is 4.79 Å². The Bertz CT molecular complexity index is 649. The number of thioether (sulfide) groups is 1. The molecule has 6 heteroatoms. The quantitative estimate of drug-likeness (QED) is 0.799. The van der Waals surface area contributed by atoms with Crippen molar-refractivity contribution in [2.45, 2.75) is 18.6 Å². The third-order valence-corrected chi connectivity index (χ3v) is 5.71. The smallest absolute Gasteiger partial charge is 0.232 e. The molecule has 0 saturated carbocycles. The highest BCUT2D eigenvalue weighted by Crippen LogP contribution is 2.27. The van der Waals surface area contributed by atoms with Gasteiger partial charge >= 0.3 is 0 Å². The van der Waals surface area contributed by atoms with Crippen LogP contribution in [0, 0.1) is 0 Å². The van der Waals surface area contributed by atoms with E-state index in [0.717, 1.165) is 53.7 Å². The number of ether oxygens (including phenoxy) is 1. The molecular formula is C17H20N2O2S2. The van der Waals surface area contributed by atoms with Crippen LogP contribution in [0.4, 0.5) is 0 Å². The molecule has 1 amide bonds. The van der Waals surface area contributed by atoms with E-state index in [1.54, 1.807) is 30.2 Å². The van der Waals surface area contributed by atoms with Crippen molar-refractivity contribution in [1.29, 1.82) is 0 Å². The number of amides is 1. The van der Waals surface area contributed by atoms with Crippen LogP contribution in [0.2, 0.25) is 0 Å². The average molecular weight is 348 g/mol. The summed E-state index contributed by atoms with van der Waals surface area (Å²) < 4.78 is 5.17. The monoisotopic (exact) mass is 348 g/mol. The first-order valence-corrected chi connectivity index (χ1v) is 9.74. The standard InChI is InChI=1S/C17H20N2O2S2/c1-21-15-6-4-13(5-7-15)17-18-14(11-23-17)10-22-12-16(20)19-8-2-3-9-19/h4-7,11H,2-3,8-10,12H2,1H3. The van der Waals surface area contributed by atoms with Crippen LogP contribution in [-0.4, -0.2) is 41.7 Å². The van der Waals surface area contributed by atoms with Gasteiger partial charge in [0, 0.05) is 29.8 Å². The number of thiazole rings is 1. The number of hydrogen-bond acceptors (Lipinski definition) is 5. The maximum atomic E-state index is 12.0. The van der Waals surface area contributed by atoms with Crippen LogP contribution in [-0.2, 0) is 10.5 Å². The summed E-state index contributed by atoms with van der Waals surface area (Å²) in [6.45, 7) is 1.86. The fraction of sp³-hybridized carbons (Fsp3) is 0.412. The molecule has 2 aromatic rings. The van der Waals surface area contributed by atoms with E-state index < -0.39 is 0 Å². The van der Waals surface area contributed by atoms with E-state index in [2.05, 4.69) is 10.4 Å². The van der Waals surface area contributed by atoms with Gasteiger partial charge in [-0.15, -0.1) is 23.1 Å². The second kappa shape index (κ2) is 7.84. The summed E-state index contributed by atoms with van der Waals surface area (Å²) in [6.07, 6.45) is 2.29. The molecule has 1 saturated heterocycles. The molecule has 23 heavy (non-hydrogen) atoms. The Morgan fingerprint density at radius 2 is 2.04 bits per heavy atom. The van der Waals surface area contributed by atoms with Crippen LogP contribution in [0.3, 0.4) is 0 Å². The van der Waals surface area contributed by atoms with Crippen molar-refractivity contribution in [2.75, 3.05) is 26.0 Å². The Hall–Kier alpha value is -1.53. The van der Waals surface area contributed by atoms with Crippen molar-refractivity contribution in [2.24, 2.45) is 0 Å². The highest BCUT2D eigenvalue weighted by molar-refractivity contribution is 7.99. The molecule has 0 N–H and O–H groups in total. The third kappa shape index (κ3) is 4.26. The minimum atomic E-state index is 0.262. The van der Waals surface area contributed by atoms with E-state index in [1.807, 2.05) is 29.2 Å². The van der Waals surface area contributed by atoms with E-state index in [1.165, 1.54) is 0 Å². The zero-order chi connectivity index (χ0) is 16.1. The molecule has 1 fully saturated rings. The molecule has 0 unspecified atom stereocenters. The van der Waals surface area contributed by atoms with Crippen LogP contribution in [0.1, 0.15) is 18.5 Å². The van der Waals surface area contributed by atoms with E-state index in [-0.39, 0.29) is 5.91 Å². The number of benzene rings is 1. The molecular weight excluding hydrogens is 328 g/mol. The molecule has 1 aromatic heterocycles. The minimum Gasteiger partial charge on any atom is -0.497 e. The van der Waals surface area contributed by atoms with Gasteiger partial charge in [0.25, 0.3) is 0 Å². The summed E-state index contributed by atoms with van der Waals surface area (Å²) in [7, 11) is 1.66. The molecule has 122 valence electrons. The number of carbonyl (C=O) groups excluding carboxylic acids is 1. The minimum absolute atomic E-state index is 0.262. The van der Waals surface area contributed by atoms with Gasteiger partial charge < -0.3 is 9.64 Å². The Morgan fingerprint density at radius 1 is 1.30 bits per heavy atom. The summed E-state index contributed by atoms with van der Waals surface area (Å²) in [5.74, 6) is 2.45. The van der Waals surface area contributed by atoms with E-state index >= 15 is 0 Å². The Balaban J connectivity index is 1.51. The van der Waals surface area contributed by atoms with Crippen LogP contribution >= 0.6 is 23.1 Å². The molecule has 2 heterocycles. The van der Waals surface area contributed by atoms with Crippen molar-refractivity contribution in [3.63, 3.8) is 0 Å². The maximum Gasteiger partial charge on any atom is 0.232 e. The molecule has 0 atom stereocenters. The molecule has 0 aliphatic carbocycles. The molecule has 3 rings (SSSR count). The number of likely N-dealkylation sites (tertiary alicyclic amines) is 1. The number of nitrogens with zero attached hydrogens (tertiary/aromatic N) is 2. The Morgan fingerprint density at radius 3 is 2.74 bits per heavy atom. The molecule has 0 spiro atoms. The van der Waals surface area contributed by atoms with Gasteiger partial charge in [-0.1, -0.05) is 0 Å². The molecule has 4 nitrogen and oxygen atoms in total. The highest BCUT2D eigenvalue weighted by atomic mass is 32.2. The first-order chi connectivity index (χ1) is 11.3. The molecule has 1 aliphatic heterocycles. The van der Waals surface area contributed by atoms with Crippen LogP contribution < -0.4 is 4.74 Å². The van der Waals surface area contributed by atoms with Crippen LogP contribution in [0.15, 0.2) is 29.6 Å². The fourth-order valence-corrected chi connectivity index (χ4v) is 4.29. The normalized spacial score (nSPS) is 14.2. The second-order valence-corrected chi connectivity index (χ2v) is 7.30. The lowest BCUT2D eigenvalue weighted by atomic mass is 10.2.